The van der Waals surface area contributed by atoms with Crippen molar-refractivity contribution in [2.75, 3.05) is 14.2 Å². The minimum absolute atomic E-state index is 0.372. The second-order valence-electron chi connectivity index (χ2n) is 5.35. The molecule has 0 radical (unpaired) electrons. The lowest BCUT2D eigenvalue weighted by Gasteiger charge is -2.04. The summed E-state index contributed by atoms with van der Waals surface area (Å²) in [4.78, 5) is 16.0. The number of hydrogen-bond acceptors (Lipinski definition) is 4. The van der Waals surface area contributed by atoms with Crippen molar-refractivity contribution < 1.29 is 14.3 Å². The van der Waals surface area contributed by atoms with Crippen LogP contribution in [0.25, 0.3) is 5.69 Å². The summed E-state index contributed by atoms with van der Waals surface area (Å²) >= 11 is 0. The predicted octanol–water partition coefficient (Wildman–Crippen LogP) is 4.02. The van der Waals surface area contributed by atoms with E-state index < -0.39 is 0 Å². The molecule has 5 heteroatoms. The Hall–Kier alpha value is -3.34. The van der Waals surface area contributed by atoms with E-state index in [1.54, 1.807) is 31.5 Å². The van der Waals surface area contributed by atoms with Gasteiger partial charge in [-0.1, -0.05) is 6.07 Å². The van der Waals surface area contributed by atoms with Crippen LogP contribution < -0.4 is 4.74 Å². The number of carbonyl (C=O) groups is 1. The number of benzene rings is 2. The highest BCUT2D eigenvalue weighted by molar-refractivity contribution is 5.90. The van der Waals surface area contributed by atoms with Gasteiger partial charge in [0.05, 0.1) is 25.5 Å². The number of nitrogens with zero attached hydrogens (tertiary/aromatic N) is 2. The van der Waals surface area contributed by atoms with E-state index in [1.165, 1.54) is 7.11 Å². The zero-order chi connectivity index (χ0) is 17.6. The molecule has 1 heterocycles. The Labute approximate surface area is 146 Å². The van der Waals surface area contributed by atoms with Gasteiger partial charge < -0.3 is 14.0 Å². The summed E-state index contributed by atoms with van der Waals surface area (Å²) in [5.74, 6) is 0.450. The van der Waals surface area contributed by atoms with Crippen molar-refractivity contribution in [3.05, 3.63) is 78.1 Å². The molecule has 126 valence electrons. The molecule has 25 heavy (non-hydrogen) atoms. The number of aliphatic imine (C=N–C) groups is 1. The number of rotatable bonds is 5. The van der Waals surface area contributed by atoms with Gasteiger partial charge >= 0.3 is 5.97 Å². The summed E-state index contributed by atoms with van der Waals surface area (Å²) in [5, 5.41) is 0. The van der Waals surface area contributed by atoms with Gasteiger partial charge in [-0.2, -0.15) is 0 Å². The molecular formula is C20H18N2O3. The third-order valence-corrected chi connectivity index (χ3v) is 3.72. The van der Waals surface area contributed by atoms with E-state index in [0.717, 1.165) is 17.0 Å². The monoisotopic (exact) mass is 334 g/mol. The molecule has 0 atom stereocenters. The molecule has 0 bridgehead atoms. The fourth-order valence-electron chi connectivity index (χ4n) is 2.38. The summed E-state index contributed by atoms with van der Waals surface area (Å²) in [5.41, 5.74) is 3.17. The number of esters is 1. The lowest BCUT2D eigenvalue weighted by molar-refractivity contribution is 0.0601. The average molecular weight is 334 g/mol. The maximum Gasteiger partial charge on any atom is 0.337 e. The van der Waals surface area contributed by atoms with E-state index >= 15 is 0 Å². The van der Waals surface area contributed by atoms with Crippen LogP contribution in [0, 0.1) is 0 Å². The van der Waals surface area contributed by atoms with Crippen LogP contribution in [-0.4, -0.2) is 31.0 Å². The standard InChI is InChI=1S/C20H18N2O3/c1-24-19-8-6-18(7-9-19)22-11-10-15(14-22)13-21-17-5-3-4-16(12-17)20(23)25-2/h3-14H,1-2H3. The molecule has 0 aliphatic carbocycles. The highest BCUT2D eigenvalue weighted by Crippen LogP contribution is 2.17. The molecule has 2 aromatic carbocycles. The molecule has 5 nitrogen and oxygen atoms in total. The third kappa shape index (κ3) is 3.95. The predicted molar refractivity (Wildman–Crippen MR) is 97.4 cm³/mol. The van der Waals surface area contributed by atoms with Gasteiger partial charge in [0.2, 0.25) is 0 Å². The Morgan fingerprint density at radius 3 is 2.60 bits per heavy atom. The van der Waals surface area contributed by atoms with Gasteiger partial charge in [0.25, 0.3) is 0 Å². The lowest BCUT2D eigenvalue weighted by atomic mass is 10.2. The third-order valence-electron chi connectivity index (χ3n) is 3.72. The van der Waals surface area contributed by atoms with Crippen molar-refractivity contribution in [2.24, 2.45) is 4.99 Å². The molecule has 3 aromatic rings. The Balaban J connectivity index is 1.76. The van der Waals surface area contributed by atoms with Gasteiger partial charge in [-0.05, 0) is 48.5 Å². The molecule has 0 saturated carbocycles. The van der Waals surface area contributed by atoms with Crippen LogP contribution in [0.3, 0.4) is 0 Å². The fourth-order valence-corrected chi connectivity index (χ4v) is 2.38. The fraction of sp³-hybridized carbons (Fsp3) is 0.100. The summed E-state index contributed by atoms with van der Waals surface area (Å²) in [6.45, 7) is 0. The number of carbonyl (C=O) groups excluding carboxylic acids is 1. The topological polar surface area (TPSA) is 52.8 Å². The van der Waals surface area contributed by atoms with Crippen molar-refractivity contribution in [3.63, 3.8) is 0 Å². The second-order valence-corrected chi connectivity index (χ2v) is 5.35. The smallest absolute Gasteiger partial charge is 0.337 e. The molecule has 0 amide bonds. The first kappa shape index (κ1) is 16.5. The van der Waals surface area contributed by atoms with Crippen LogP contribution in [0.2, 0.25) is 0 Å². The zero-order valence-electron chi connectivity index (χ0n) is 14.0. The second kappa shape index (κ2) is 7.49. The molecule has 0 N–H and O–H groups in total. The Morgan fingerprint density at radius 1 is 1.08 bits per heavy atom. The summed E-state index contributed by atoms with van der Waals surface area (Å²) in [6.07, 6.45) is 5.71. The van der Waals surface area contributed by atoms with Crippen molar-refractivity contribution in [2.45, 2.75) is 0 Å². The van der Waals surface area contributed by atoms with Crippen LogP contribution in [-0.2, 0) is 4.74 Å². The average Bonchev–Trinajstić information content (AvgIpc) is 3.15. The number of methoxy groups -OCH3 is 2. The molecule has 1 aromatic heterocycles. The van der Waals surface area contributed by atoms with Gasteiger partial charge in [-0.15, -0.1) is 0 Å². The number of ether oxygens (including phenoxy) is 2. The Bertz CT molecular complexity index is 895. The largest absolute Gasteiger partial charge is 0.497 e. The van der Waals surface area contributed by atoms with E-state index in [-0.39, 0.29) is 5.97 Å². The molecule has 0 unspecified atom stereocenters. The van der Waals surface area contributed by atoms with E-state index in [2.05, 4.69) is 4.99 Å². The Kier molecular flexibility index (Phi) is 4.95. The molecule has 0 saturated heterocycles. The number of hydrogen-bond donors (Lipinski definition) is 0. The molecule has 3 rings (SSSR count). The van der Waals surface area contributed by atoms with E-state index in [4.69, 9.17) is 9.47 Å². The van der Waals surface area contributed by atoms with Crippen LogP contribution in [0.15, 0.2) is 72.0 Å². The first-order valence-corrected chi connectivity index (χ1v) is 7.74. The maximum absolute atomic E-state index is 11.6. The van der Waals surface area contributed by atoms with Crippen LogP contribution in [0.5, 0.6) is 5.75 Å². The van der Waals surface area contributed by atoms with Gasteiger partial charge in [0.15, 0.2) is 0 Å². The van der Waals surface area contributed by atoms with E-state index in [9.17, 15) is 4.79 Å². The van der Waals surface area contributed by atoms with Crippen LogP contribution in [0.1, 0.15) is 15.9 Å². The van der Waals surface area contributed by atoms with Crippen molar-refractivity contribution in [3.8, 4) is 11.4 Å². The number of aromatic nitrogens is 1. The summed E-state index contributed by atoms with van der Waals surface area (Å²) in [7, 11) is 3.01. The quantitative estimate of drug-likeness (QED) is 0.523. The van der Waals surface area contributed by atoms with E-state index in [1.807, 2.05) is 53.4 Å². The Morgan fingerprint density at radius 2 is 1.88 bits per heavy atom. The first-order valence-electron chi connectivity index (χ1n) is 7.74. The van der Waals surface area contributed by atoms with Crippen LogP contribution in [0.4, 0.5) is 5.69 Å². The van der Waals surface area contributed by atoms with Gasteiger partial charge in [0, 0.05) is 29.9 Å². The van der Waals surface area contributed by atoms with Gasteiger partial charge in [0.1, 0.15) is 5.75 Å². The summed E-state index contributed by atoms with van der Waals surface area (Å²) < 4.78 is 11.9. The first-order chi connectivity index (χ1) is 12.2. The zero-order valence-corrected chi connectivity index (χ0v) is 14.0. The molecular weight excluding hydrogens is 316 g/mol. The molecule has 0 fully saturated rings. The maximum atomic E-state index is 11.6. The highest BCUT2D eigenvalue weighted by atomic mass is 16.5. The molecule has 0 aliphatic heterocycles. The normalized spacial score (nSPS) is 10.8. The van der Waals surface area contributed by atoms with Gasteiger partial charge in [-0.25, -0.2) is 4.79 Å². The van der Waals surface area contributed by atoms with Crippen molar-refractivity contribution in [1.29, 1.82) is 0 Å². The van der Waals surface area contributed by atoms with Crippen LogP contribution >= 0.6 is 0 Å². The van der Waals surface area contributed by atoms with Crippen molar-refractivity contribution in [1.82, 2.24) is 4.57 Å². The van der Waals surface area contributed by atoms with E-state index in [0.29, 0.717) is 11.3 Å². The SMILES string of the molecule is COC(=O)c1cccc(N=Cc2ccn(-c3ccc(OC)cc3)c2)c1. The van der Waals surface area contributed by atoms with Gasteiger partial charge in [-0.3, -0.25) is 4.99 Å². The highest BCUT2D eigenvalue weighted by Gasteiger charge is 2.05. The summed E-state index contributed by atoms with van der Waals surface area (Å²) in [6, 6.07) is 16.8. The lowest BCUT2D eigenvalue weighted by Crippen LogP contribution is -1.99. The minimum Gasteiger partial charge on any atom is -0.497 e. The van der Waals surface area contributed by atoms with Crippen molar-refractivity contribution >= 4 is 17.9 Å². The molecule has 0 aliphatic rings. The minimum atomic E-state index is -0.372. The molecule has 0 spiro atoms.